The Balaban J connectivity index is 1.49. The Bertz CT molecular complexity index is 1520. The lowest BCUT2D eigenvalue weighted by atomic mass is 10.1. The third-order valence-electron chi connectivity index (χ3n) is 5.10. The van der Waals surface area contributed by atoms with Gasteiger partial charge in [0, 0.05) is 20.8 Å². The Hall–Kier alpha value is -3.23. The number of thiophene rings is 1. The first-order chi connectivity index (χ1) is 15.5. The fourth-order valence-corrected chi connectivity index (χ4v) is 4.86. The fourth-order valence-electron chi connectivity index (χ4n) is 3.57. The molecule has 160 valence electrons. The Morgan fingerprint density at radius 3 is 2.78 bits per heavy atom. The molecule has 0 saturated heterocycles. The molecule has 0 aliphatic carbocycles. The Kier molecular flexibility index (Phi) is 5.40. The number of fused-ring (bicyclic) bond motifs is 2. The molecule has 5 aromatic rings. The number of hydrogen-bond donors (Lipinski definition) is 0. The van der Waals surface area contributed by atoms with Crippen LogP contribution in [0.3, 0.4) is 0 Å². The minimum absolute atomic E-state index is 0.151. The number of carbonyl (C=O) groups is 1. The fraction of sp³-hybridized carbons (Fsp3) is 0.125. The lowest BCUT2D eigenvalue weighted by Crippen LogP contribution is -2.24. The normalized spacial score (nSPS) is 11.3. The molecule has 0 saturated carbocycles. The average Bonchev–Trinajstić information content (AvgIpc) is 3.41. The lowest BCUT2D eigenvalue weighted by Gasteiger charge is -2.06. The molecule has 0 unspecified atom stereocenters. The van der Waals surface area contributed by atoms with Crippen LogP contribution in [0.2, 0.25) is 0 Å². The van der Waals surface area contributed by atoms with Crippen molar-refractivity contribution >= 4 is 54.2 Å². The number of Topliss-reactive ketones (excluding diaryl/α,β-unsaturated/α-hetero) is 1. The smallest absolute Gasteiger partial charge is 0.263 e. The number of hydrogen-bond acceptors (Lipinski definition) is 6. The maximum atomic E-state index is 13.3. The minimum Gasteiger partial charge on any atom is -0.494 e. The van der Waals surface area contributed by atoms with Crippen LogP contribution in [0.5, 0.6) is 5.75 Å². The second-order valence-electron chi connectivity index (χ2n) is 7.18. The second-order valence-corrected chi connectivity index (χ2v) is 8.95. The van der Waals surface area contributed by atoms with Gasteiger partial charge < -0.3 is 9.15 Å². The Morgan fingerprint density at radius 2 is 2.00 bits per heavy atom. The van der Waals surface area contributed by atoms with Gasteiger partial charge in [-0.3, -0.25) is 14.2 Å². The zero-order valence-electron chi connectivity index (χ0n) is 17.0. The molecule has 0 aliphatic heterocycles. The molecule has 8 heteroatoms. The largest absolute Gasteiger partial charge is 0.494 e. The molecule has 0 N–H and O–H groups in total. The highest BCUT2D eigenvalue weighted by molar-refractivity contribution is 9.10. The van der Waals surface area contributed by atoms with Gasteiger partial charge in [-0.1, -0.05) is 28.1 Å². The van der Waals surface area contributed by atoms with Crippen LogP contribution in [-0.4, -0.2) is 21.9 Å². The third-order valence-corrected chi connectivity index (χ3v) is 6.48. The van der Waals surface area contributed by atoms with Gasteiger partial charge in [0.1, 0.15) is 16.2 Å². The molecule has 0 bridgehead atoms. The second kappa shape index (κ2) is 8.37. The first-order valence-electron chi connectivity index (χ1n) is 9.95. The molecule has 3 heterocycles. The van der Waals surface area contributed by atoms with E-state index in [2.05, 4.69) is 20.9 Å². The summed E-state index contributed by atoms with van der Waals surface area (Å²) in [6.45, 7) is 2.37. The molecular formula is C24H17BrN2O4S. The number of carbonyl (C=O) groups excluding carboxylic acids is 1. The molecule has 0 radical (unpaired) electrons. The van der Waals surface area contributed by atoms with Crippen LogP contribution in [0.4, 0.5) is 0 Å². The van der Waals surface area contributed by atoms with Gasteiger partial charge in [-0.15, -0.1) is 11.3 Å². The van der Waals surface area contributed by atoms with Crippen LogP contribution in [0.15, 0.2) is 73.9 Å². The molecule has 0 spiro atoms. The first-order valence-corrected chi connectivity index (χ1v) is 11.6. The predicted octanol–water partition coefficient (Wildman–Crippen LogP) is 5.92. The van der Waals surface area contributed by atoms with Crippen LogP contribution < -0.4 is 10.3 Å². The zero-order chi connectivity index (χ0) is 22.2. The molecule has 0 fully saturated rings. The predicted molar refractivity (Wildman–Crippen MR) is 129 cm³/mol. The van der Waals surface area contributed by atoms with Gasteiger partial charge in [0.2, 0.25) is 5.78 Å². The van der Waals surface area contributed by atoms with E-state index in [1.54, 1.807) is 12.1 Å². The van der Waals surface area contributed by atoms with Gasteiger partial charge in [-0.05, 0) is 48.9 Å². The maximum Gasteiger partial charge on any atom is 0.263 e. The van der Waals surface area contributed by atoms with E-state index in [9.17, 15) is 9.59 Å². The van der Waals surface area contributed by atoms with Gasteiger partial charge in [0.15, 0.2) is 5.76 Å². The molecule has 5 rings (SSSR count). The number of halogens is 1. The molecule has 0 aliphatic rings. The van der Waals surface area contributed by atoms with Gasteiger partial charge in [0.25, 0.3) is 5.56 Å². The van der Waals surface area contributed by atoms with Crippen LogP contribution in [0.25, 0.3) is 32.3 Å². The molecule has 2 aromatic carbocycles. The molecule has 0 atom stereocenters. The third kappa shape index (κ3) is 3.76. The number of benzene rings is 2. The van der Waals surface area contributed by atoms with Crippen molar-refractivity contribution < 1.29 is 13.9 Å². The van der Waals surface area contributed by atoms with Crippen molar-refractivity contribution in [2.24, 2.45) is 0 Å². The van der Waals surface area contributed by atoms with Gasteiger partial charge in [-0.25, -0.2) is 4.98 Å². The van der Waals surface area contributed by atoms with E-state index in [-0.39, 0.29) is 23.6 Å². The number of nitrogens with zero attached hydrogens (tertiary/aromatic N) is 2. The van der Waals surface area contributed by atoms with E-state index >= 15 is 0 Å². The van der Waals surface area contributed by atoms with E-state index < -0.39 is 0 Å². The summed E-state index contributed by atoms with van der Waals surface area (Å²) < 4.78 is 13.4. The Labute approximate surface area is 195 Å². The lowest BCUT2D eigenvalue weighted by molar-refractivity contribution is 0.0945. The van der Waals surface area contributed by atoms with Gasteiger partial charge in [0.05, 0.1) is 24.9 Å². The highest BCUT2D eigenvalue weighted by Gasteiger charge is 2.18. The first kappa shape index (κ1) is 20.7. The van der Waals surface area contributed by atoms with Crippen molar-refractivity contribution in [3.8, 4) is 16.9 Å². The van der Waals surface area contributed by atoms with E-state index in [0.717, 1.165) is 26.7 Å². The summed E-state index contributed by atoms with van der Waals surface area (Å²) in [6, 6.07) is 14.8. The maximum absolute atomic E-state index is 13.3. The Morgan fingerprint density at radius 1 is 1.19 bits per heavy atom. The molecular weight excluding hydrogens is 492 g/mol. The van der Waals surface area contributed by atoms with E-state index in [4.69, 9.17) is 9.15 Å². The summed E-state index contributed by atoms with van der Waals surface area (Å²) in [5.74, 6) is 0.690. The zero-order valence-corrected chi connectivity index (χ0v) is 19.4. The molecule has 6 nitrogen and oxygen atoms in total. The average molecular weight is 509 g/mol. The van der Waals surface area contributed by atoms with Crippen molar-refractivity contribution in [3.63, 3.8) is 0 Å². The summed E-state index contributed by atoms with van der Waals surface area (Å²) in [5.41, 5.74) is 2.05. The van der Waals surface area contributed by atoms with E-state index in [0.29, 0.717) is 22.4 Å². The van der Waals surface area contributed by atoms with Crippen molar-refractivity contribution in [3.05, 3.63) is 80.8 Å². The van der Waals surface area contributed by atoms with Crippen LogP contribution in [0.1, 0.15) is 17.5 Å². The van der Waals surface area contributed by atoms with Crippen LogP contribution >= 0.6 is 27.3 Å². The van der Waals surface area contributed by atoms with Crippen molar-refractivity contribution in [2.45, 2.75) is 13.5 Å². The summed E-state index contributed by atoms with van der Waals surface area (Å²) in [5, 5.41) is 3.24. The summed E-state index contributed by atoms with van der Waals surface area (Å²) >= 11 is 4.81. The van der Waals surface area contributed by atoms with Crippen molar-refractivity contribution in [1.82, 2.24) is 9.55 Å². The molecule has 3 aromatic heterocycles. The minimum atomic E-state index is -0.293. The molecule has 32 heavy (non-hydrogen) atoms. The van der Waals surface area contributed by atoms with Gasteiger partial charge >= 0.3 is 0 Å². The van der Waals surface area contributed by atoms with E-state index in [1.807, 2.05) is 48.7 Å². The number of ether oxygens (including phenoxy) is 1. The summed E-state index contributed by atoms with van der Waals surface area (Å²) in [4.78, 5) is 31.1. The summed E-state index contributed by atoms with van der Waals surface area (Å²) in [6.07, 6.45) is 1.42. The number of furan rings is 1. The van der Waals surface area contributed by atoms with E-state index in [1.165, 1.54) is 22.2 Å². The highest BCUT2D eigenvalue weighted by Crippen LogP contribution is 2.31. The number of ketones is 1. The van der Waals surface area contributed by atoms with Crippen molar-refractivity contribution in [2.75, 3.05) is 6.61 Å². The monoisotopic (exact) mass is 508 g/mol. The topological polar surface area (TPSA) is 74.3 Å². The quantitative estimate of drug-likeness (QED) is 0.266. The number of aromatic nitrogens is 2. The van der Waals surface area contributed by atoms with Crippen molar-refractivity contribution in [1.29, 1.82) is 0 Å². The molecule has 0 amide bonds. The summed E-state index contributed by atoms with van der Waals surface area (Å²) in [7, 11) is 0. The van der Waals surface area contributed by atoms with Gasteiger partial charge in [-0.2, -0.15) is 0 Å². The van der Waals surface area contributed by atoms with Crippen LogP contribution in [0, 0.1) is 0 Å². The number of rotatable bonds is 6. The van der Waals surface area contributed by atoms with Crippen LogP contribution in [-0.2, 0) is 6.54 Å². The highest BCUT2D eigenvalue weighted by atomic mass is 79.9. The SMILES string of the molecule is CCOc1ccc(-c2csc3ncn(CC(=O)c4cc5cc(Br)ccc5o4)c(=O)c23)cc1. The standard InChI is InChI=1S/C24H17BrN2O4S/c1-2-30-17-6-3-14(4-7-17)18-12-32-23-22(18)24(29)27(13-26-23)11-19(28)21-10-15-9-16(25)5-8-20(15)31-21/h3-10,12-13H,2,11H2,1H3.